The molecule has 20 heavy (non-hydrogen) atoms. The lowest BCUT2D eigenvalue weighted by Crippen LogP contribution is -2.07. The number of halogens is 1. The Morgan fingerprint density at radius 2 is 2.30 bits per heavy atom. The molecule has 0 aliphatic heterocycles. The molecule has 0 saturated heterocycles. The van der Waals surface area contributed by atoms with Crippen LogP contribution in [0, 0.1) is 5.82 Å². The van der Waals surface area contributed by atoms with Gasteiger partial charge in [-0.2, -0.15) is 0 Å². The van der Waals surface area contributed by atoms with Crippen molar-refractivity contribution in [3.05, 3.63) is 54.6 Å². The van der Waals surface area contributed by atoms with Gasteiger partial charge in [-0.1, -0.05) is 23.9 Å². The molecule has 0 bridgehead atoms. The highest BCUT2D eigenvalue weighted by molar-refractivity contribution is 5.28. The fourth-order valence-corrected chi connectivity index (χ4v) is 1.58. The van der Waals surface area contributed by atoms with Crippen LogP contribution in [0.15, 0.2) is 43.2 Å². The molecule has 0 amide bonds. The van der Waals surface area contributed by atoms with Crippen molar-refractivity contribution >= 4 is 0 Å². The van der Waals surface area contributed by atoms with Gasteiger partial charge < -0.3 is 9.47 Å². The maximum absolute atomic E-state index is 13.8. The van der Waals surface area contributed by atoms with Crippen molar-refractivity contribution in [2.75, 3.05) is 13.2 Å². The van der Waals surface area contributed by atoms with E-state index in [2.05, 4.69) is 16.9 Å². The molecular weight excluding hydrogens is 261 g/mol. The van der Waals surface area contributed by atoms with Crippen LogP contribution in [-0.2, 0) is 17.9 Å². The Hall–Kier alpha value is -2.21. The van der Waals surface area contributed by atoms with E-state index in [1.54, 1.807) is 35.3 Å². The second-order valence-corrected chi connectivity index (χ2v) is 4.07. The molecule has 1 aromatic carbocycles. The van der Waals surface area contributed by atoms with Crippen molar-refractivity contribution in [1.29, 1.82) is 0 Å². The number of hydrogen-bond acceptors (Lipinski definition) is 4. The summed E-state index contributed by atoms with van der Waals surface area (Å²) in [7, 11) is 0. The molecule has 0 aliphatic carbocycles. The lowest BCUT2D eigenvalue weighted by atomic mass is 10.2. The van der Waals surface area contributed by atoms with Gasteiger partial charge in [0, 0.05) is 17.8 Å². The summed E-state index contributed by atoms with van der Waals surface area (Å²) in [6.07, 6.45) is 4.95. The van der Waals surface area contributed by atoms with Crippen LogP contribution in [0.25, 0.3) is 0 Å². The first-order valence-electron chi connectivity index (χ1n) is 6.23. The van der Waals surface area contributed by atoms with Gasteiger partial charge in [0.15, 0.2) is 0 Å². The number of benzene rings is 1. The summed E-state index contributed by atoms with van der Waals surface area (Å²) in [6.45, 7) is 5.13. The summed E-state index contributed by atoms with van der Waals surface area (Å²) in [5.74, 6) is 0.140. The maximum atomic E-state index is 13.8. The van der Waals surface area contributed by atoms with Crippen molar-refractivity contribution < 1.29 is 13.9 Å². The van der Waals surface area contributed by atoms with E-state index in [0.717, 1.165) is 0 Å². The number of ether oxygens (including phenoxy) is 2. The third kappa shape index (κ3) is 4.17. The van der Waals surface area contributed by atoms with Gasteiger partial charge in [0.25, 0.3) is 0 Å². The Kier molecular flexibility index (Phi) is 5.25. The van der Waals surface area contributed by atoms with Crippen molar-refractivity contribution in [2.24, 2.45) is 0 Å². The summed E-state index contributed by atoms with van der Waals surface area (Å²) in [6, 6.07) is 4.71. The molecule has 0 atom stereocenters. The Bertz CT molecular complexity index is 543. The van der Waals surface area contributed by atoms with E-state index < -0.39 is 0 Å². The molecule has 5 nitrogen and oxygen atoms in total. The third-order valence-corrected chi connectivity index (χ3v) is 2.59. The summed E-state index contributed by atoms with van der Waals surface area (Å²) in [5.41, 5.74) is 0.495. The SMILES string of the molecule is C=CCOc1ccc(COCCn2ccnn2)c(F)c1. The molecule has 0 fully saturated rings. The third-order valence-electron chi connectivity index (χ3n) is 2.59. The predicted molar refractivity (Wildman–Crippen MR) is 71.8 cm³/mol. The van der Waals surface area contributed by atoms with Gasteiger partial charge in [0.2, 0.25) is 0 Å². The van der Waals surface area contributed by atoms with E-state index in [1.807, 2.05) is 0 Å². The highest BCUT2D eigenvalue weighted by atomic mass is 19.1. The largest absolute Gasteiger partial charge is 0.489 e. The number of aromatic nitrogens is 3. The van der Waals surface area contributed by atoms with Gasteiger partial charge in [-0.3, -0.25) is 4.68 Å². The van der Waals surface area contributed by atoms with Crippen molar-refractivity contribution in [2.45, 2.75) is 13.2 Å². The van der Waals surface area contributed by atoms with Gasteiger partial charge in [-0.25, -0.2) is 4.39 Å². The predicted octanol–water partition coefficient (Wildman–Crippen LogP) is 2.20. The van der Waals surface area contributed by atoms with Gasteiger partial charge >= 0.3 is 0 Å². The first-order chi connectivity index (χ1) is 9.79. The van der Waals surface area contributed by atoms with Gasteiger partial charge in [-0.05, 0) is 6.07 Å². The molecule has 1 heterocycles. The molecule has 0 unspecified atom stereocenters. The molecular formula is C14H16FN3O2. The fraction of sp³-hybridized carbons (Fsp3) is 0.286. The minimum atomic E-state index is -0.340. The first kappa shape index (κ1) is 14.2. The molecule has 1 aromatic heterocycles. The summed E-state index contributed by atoms with van der Waals surface area (Å²) < 4.78 is 26.1. The first-order valence-corrected chi connectivity index (χ1v) is 6.23. The zero-order valence-electron chi connectivity index (χ0n) is 11.0. The lowest BCUT2D eigenvalue weighted by Gasteiger charge is -2.08. The second kappa shape index (κ2) is 7.40. The molecule has 2 aromatic rings. The zero-order valence-corrected chi connectivity index (χ0v) is 11.0. The Labute approximate surface area is 116 Å². The molecule has 0 spiro atoms. The highest BCUT2D eigenvalue weighted by Crippen LogP contribution is 2.17. The van der Waals surface area contributed by atoms with Crippen LogP contribution >= 0.6 is 0 Å². The highest BCUT2D eigenvalue weighted by Gasteiger charge is 2.04. The van der Waals surface area contributed by atoms with Crippen LogP contribution in [-0.4, -0.2) is 28.2 Å². The van der Waals surface area contributed by atoms with Crippen LogP contribution in [0.2, 0.25) is 0 Å². The van der Waals surface area contributed by atoms with E-state index in [-0.39, 0.29) is 12.4 Å². The number of rotatable bonds is 8. The van der Waals surface area contributed by atoms with Crippen LogP contribution in [0.1, 0.15) is 5.56 Å². The Morgan fingerprint density at radius 1 is 1.40 bits per heavy atom. The van der Waals surface area contributed by atoms with Gasteiger partial charge in [0.1, 0.15) is 18.2 Å². The molecule has 0 saturated carbocycles. The summed E-state index contributed by atoms with van der Waals surface area (Å²) >= 11 is 0. The van der Waals surface area contributed by atoms with Crippen LogP contribution in [0.4, 0.5) is 4.39 Å². The van der Waals surface area contributed by atoms with Gasteiger partial charge in [-0.15, -0.1) is 5.10 Å². The van der Waals surface area contributed by atoms with Crippen LogP contribution in [0.3, 0.4) is 0 Å². The van der Waals surface area contributed by atoms with Crippen molar-refractivity contribution in [3.63, 3.8) is 0 Å². The average molecular weight is 277 g/mol. The minimum absolute atomic E-state index is 0.211. The smallest absolute Gasteiger partial charge is 0.132 e. The van der Waals surface area contributed by atoms with E-state index in [4.69, 9.17) is 9.47 Å². The van der Waals surface area contributed by atoms with E-state index in [0.29, 0.717) is 31.1 Å². The molecule has 2 rings (SSSR count). The van der Waals surface area contributed by atoms with E-state index in [1.165, 1.54) is 6.07 Å². The fourth-order valence-electron chi connectivity index (χ4n) is 1.58. The van der Waals surface area contributed by atoms with Crippen LogP contribution < -0.4 is 4.74 Å². The van der Waals surface area contributed by atoms with E-state index >= 15 is 0 Å². The van der Waals surface area contributed by atoms with Crippen LogP contribution in [0.5, 0.6) is 5.75 Å². The Balaban J connectivity index is 1.79. The quantitative estimate of drug-likeness (QED) is 0.548. The molecule has 0 N–H and O–H groups in total. The topological polar surface area (TPSA) is 49.2 Å². The molecule has 6 heteroatoms. The standard InChI is InChI=1S/C14H16FN3O2/c1-2-8-20-13-4-3-12(14(15)10-13)11-19-9-7-18-6-5-16-17-18/h2-6,10H,1,7-9,11H2. The minimum Gasteiger partial charge on any atom is -0.489 e. The molecule has 106 valence electrons. The normalized spacial score (nSPS) is 10.4. The van der Waals surface area contributed by atoms with Crippen molar-refractivity contribution in [1.82, 2.24) is 15.0 Å². The number of hydrogen-bond donors (Lipinski definition) is 0. The monoisotopic (exact) mass is 277 g/mol. The zero-order chi connectivity index (χ0) is 14.2. The average Bonchev–Trinajstić information content (AvgIpc) is 2.96. The van der Waals surface area contributed by atoms with Gasteiger partial charge in [0.05, 0.1) is 26.0 Å². The molecule has 0 aliphatic rings. The maximum Gasteiger partial charge on any atom is 0.132 e. The summed E-state index contributed by atoms with van der Waals surface area (Å²) in [4.78, 5) is 0. The lowest BCUT2D eigenvalue weighted by molar-refractivity contribution is 0.108. The molecule has 0 radical (unpaired) electrons. The number of nitrogens with zero attached hydrogens (tertiary/aromatic N) is 3. The second-order valence-electron chi connectivity index (χ2n) is 4.07. The van der Waals surface area contributed by atoms with E-state index in [9.17, 15) is 4.39 Å². The Morgan fingerprint density at radius 3 is 3.00 bits per heavy atom. The van der Waals surface area contributed by atoms with Crippen molar-refractivity contribution in [3.8, 4) is 5.75 Å². The summed E-state index contributed by atoms with van der Waals surface area (Å²) in [5, 5.41) is 7.49.